The number of hydrogen-bond acceptors (Lipinski definition) is 2. The molecule has 0 N–H and O–H groups in total. The van der Waals surface area contributed by atoms with Crippen molar-refractivity contribution in [3.63, 3.8) is 0 Å². The molecule has 0 bridgehead atoms. The molecule has 0 fully saturated rings. The number of rotatable bonds is 3. The van der Waals surface area contributed by atoms with Gasteiger partial charge in [0.1, 0.15) is 5.75 Å². The van der Waals surface area contributed by atoms with Crippen molar-refractivity contribution in [3.05, 3.63) is 53.1 Å². The van der Waals surface area contributed by atoms with Crippen molar-refractivity contribution in [1.29, 1.82) is 5.26 Å². The maximum Gasteiger partial charge on any atom is 0.123 e. The highest BCUT2D eigenvalue weighted by molar-refractivity contribution is 6.30. The molecule has 0 amide bonds. The molecule has 0 atom stereocenters. The van der Waals surface area contributed by atoms with Gasteiger partial charge in [0.25, 0.3) is 0 Å². The van der Waals surface area contributed by atoms with Crippen molar-refractivity contribution in [2.75, 3.05) is 7.11 Å². The first-order valence-electron chi connectivity index (χ1n) is 5.54. The Morgan fingerprint density at radius 1 is 1.17 bits per heavy atom. The van der Waals surface area contributed by atoms with E-state index in [0.29, 0.717) is 11.4 Å². The zero-order valence-electron chi connectivity index (χ0n) is 9.98. The van der Waals surface area contributed by atoms with E-state index in [9.17, 15) is 0 Å². The summed E-state index contributed by atoms with van der Waals surface area (Å²) in [4.78, 5) is 0. The van der Waals surface area contributed by atoms with Crippen LogP contribution in [0, 0.1) is 11.3 Å². The lowest BCUT2D eigenvalue weighted by Crippen LogP contribution is -1.92. The molecule has 0 radical (unpaired) electrons. The van der Waals surface area contributed by atoms with E-state index >= 15 is 0 Å². The molecule has 0 unspecified atom stereocenters. The van der Waals surface area contributed by atoms with Crippen molar-refractivity contribution in [1.82, 2.24) is 0 Å². The Kier molecular flexibility index (Phi) is 3.86. The summed E-state index contributed by atoms with van der Waals surface area (Å²) in [6, 6.07) is 15.6. The van der Waals surface area contributed by atoms with E-state index in [0.717, 1.165) is 22.4 Å². The average Bonchev–Trinajstić information content (AvgIpc) is 2.39. The van der Waals surface area contributed by atoms with Gasteiger partial charge in [-0.15, -0.1) is 0 Å². The Bertz CT molecular complexity index is 602. The highest BCUT2D eigenvalue weighted by atomic mass is 35.5. The van der Waals surface area contributed by atoms with Gasteiger partial charge in [0, 0.05) is 10.6 Å². The van der Waals surface area contributed by atoms with Crippen molar-refractivity contribution in [2.45, 2.75) is 6.42 Å². The van der Waals surface area contributed by atoms with Gasteiger partial charge in [-0.05, 0) is 35.4 Å². The minimum absolute atomic E-state index is 0.331. The molecule has 2 nitrogen and oxygen atoms in total. The van der Waals surface area contributed by atoms with Gasteiger partial charge in [-0.25, -0.2) is 0 Å². The standard InChI is InChI=1S/C15H12ClNO/c1-18-15-6-5-12(9-13(15)7-8-17)11-3-2-4-14(16)10-11/h2-6,9-10H,7H2,1H3. The number of halogens is 1. The van der Waals surface area contributed by atoms with Crippen molar-refractivity contribution in [2.24, 2.45) is 0 Å². The molecule has 2 aromatic rings. The SMILES string of the molecule is COc1ccc(-c2cccc(Cl)c2)cc1CC#N. The summed E-state index contributed by atoms with van der Waals surface area (Å²) >= 11 is 5.98. The Morgan fingerprint density at radius 2 is 1.94 bits per heavy atom. The Hall–Kier alpha value is -1.98. The van der Waals surface area contributed by atoms with E-state index < -0.39 is 0 Å². The van der Waals surface area contributed by atoms with Gasteiger partial charge in [0.05, 0.1) is 19.6 Å². The molecule has 0 saturated carbocycles. The number of nitriles is 1. The van der Waals surface area contributed by atoms with Crippen LogP contribution in [0.1, 0.15) is 5.56 Å². The Morgan fingerprint density at radius 3 is 2.61 bits per heavy atom. The number of methoxy groups -OCH3 is 1. The quantitative estimate of drug-likeness (QED) is 0.830. The second-order valence-corrected chi connectivity index (χ2v) is 4.31. The highest BCUT2D eigenvalue weighted by Crippen LogP contribution is 2.28. The van der Waals surface area contributed by atoms with Crippen LogP contribution in [-0.2, 0) is 6.42 Å². The summed E-state index contributed by atoms with van der Waals surface area (Å²) in [5.74, 6) is 0.738. The normalized spacial score (nSPS) is 9.83. The van der Waals surface area contributed by atoms with E-state index in [2.05, 4.69) is 6.07 Å². The van der Waals surface area contributed by atoms with Crippen LogP contribution in [-0.4, -0.2) is 7.11 Å². The summed E-state index contributed by atoms with van der Waals surface area (Å²) < 4.78 is 5.24. The van der Waals surface area contributed by atoms with Crippen LogP contribution in [0.3, 0.4) is 0 Å². The van der Waals surface area contributed by atoms with E-state index in [1.807, 2.05) is 42.5 Å². The molecular formula is C15H12ClNO. The first kappa shape index (κ1) is 12.5. The molecule has 90 valence electrons. The minimum atomic E-state index is 0.331. The van der Waals surface area contributed by atoms with Crippen LogP contribution in [0.5, 0.6) is 5.75 Å². The summed E-state index contributed by atoms with van der Waals surface area (Å²) in [7, 11) is 1.61. The third kappa shape index (κ3) is 2.64. The van der Waals surface area contributed by atoms with E-state index in [1.165, 1.54) is 0 Å². The lowest BCUT2D eigenvalue weighted by molar-refractivity contribution is 0.411. The fourth-order valence-corrected chi connectivity index (χ4v) is 2.04. The van der Waals surface area contributed by atoms with E-state index in [1.54, 1.807) is 7.11 Å². The molecule has 0 aliphatic rings. The predicted molar refractivity (Wildman–Crippen MR) is 72.8 cm³/mol. The summed E-state index contributed by atoms with van der Waals surface area (Å²) in [5, 5.41) is 9.52. The summed E-state index contributed by atoms with van der Waals surface area (Å²) in [5.41, 5.74) is 2.95. The summed E-state index contributed by atoms with van der Waals surface area (Å²) in [6.07, 6.45) is 0.331. The van der Waals surface area contributed by atoms with Gasteiger partial charge in [0.15, 0.2) is 0 Å². The second-order valence-electron chi connectivity index (χ2n) is 3.87. The van der Waals surface area contributed by atoms with Gasteiger partial charge in [-0.2, -0.15) is 5.26 Å². The fourth-order valence-electron chi connectivity index (χ4n) is 1.85. The number of nitrogens with zero attached hydrogens (tertiary/aromatic N) is 1. The van der Waals surface area contributed by atoms with Gasteiger partial charge in [0.2, 0.25) is 0 Å². The van der Waals surface area contributed by atoms with Crippen molar-refractivity contribution >= 4 is 11.6 Å². The first-order valence-corrected chi connectivity index (χ1v) is 5.92. The van der Waals surface area contributed by atoms with Crippen LogP contribution in [0.4, 0.5) is 0 Å². The van der Waals surface area contributed by atoms with E-state index in [4.69, 9.17) is 21.6 Å². The van der Waals surface area contributed by atoms with Gasteiger partial charge in [-0.3, -0.25) is 0 Å². The zero-order valence-corrected chi connectivity index (χ0v) is 10.7. The molecule has 2 rings (SSSR count). The molecule has 0 aliphatic carbocycles. The molecule has 0 aliphatic heterocycles. The molecule has 0 aromatic heterocycles. The molecule has 0 spiro atoms. The molecule has 0 heterocycles. The molecule has 18 heavy (non-hydrogen) atoms. The molecular weight excluding hydrogens is 246 g/mol. The fraction of sp³-hybridized carbons (Fsp3) is 0.133. The van der Waals surface area contributed by atoms with Crippen molar-refractivity contribution < 1.29 is 4.74 Å². The monoisotopic (exact) mass is 257 g/mol. The number of benzene rings is 2. The van der Waals surface area contributed by atoms with Gasteiger partial charge >= 0.3 is 0 Å². The number of ether oxygens (including phenoxy) is 1. The first-order chi connectivity index (χ1) is 8.74. The maximum absolute atomic E-state index is 8.82. The van der Waals surface area contributed by atoms with E-state index in [-0.39, 0.29) is 0 Å². The van der Waals surface area contributed by atoms with Crippen molar-refractivity contribution in [3.8, 4) is 22.9 Å². The third-order valence-corrected chi connectivity index (χ3v) is 2.94. The molecule has 3 heteroatoms. The third-order valence-electron chi connectivity index (χ3n) is 2.71. The van der Waals surface area contributed by atoms with Gasteiger partial charge < -0.3 is 4.74 Å². The van der Waals surface area contributed by atoms with Crippen LogP contribution in [0.15, 0.2) is 42.5 Å². The zero-order chi connectivity index (χ0) is 13.0. The predicted octanol–water partition coefficient (Wildman–Crippen LogP) is 4.08. The van der Waals surface area contributed by atoms with Crippen LogP contribution in [0.25, 0.3) is 11.1 Å². The summed E-state index contributed by atoms with van der Waals surface area (Å²) in [6.45, 7) is 0. The lowest BCUT2D eigenvalue weighted by Gasteiger charge is -2.09. The largest absolute Gasteiger partial charge is 0.496 e. The van der Waals surface area contributed by atoms with Crippen LogP contribution < -0.4 is 4.74 Å². The molecule has 2 aromatic carbocycles. The number of hydrogen-bond donors (Lipinski definition) is 0. The lowest BCUT2D eigenvalue weighted by atomic mass is 10.0. The average molecular weight is 258 g/mol. The Balaban J connectivity index is 2.47. The topological polar surface area (TPSA) is 33.0 Å². The van der Waals surface area contributed by atoms with Gasteiger partial charge in [-0.1, -0.05) is 29.8 Å². The highest BCUT2D eigenvalue weighted by Gasteiger charge is 2.06. The van der Waals surface area contributed by atoms with Crippen LogP contribution in [0.2, 0.25) is 5.02 Å². The Labute approximate surface area is 111 Å². The molecule has 0 saturated heterocycles. The minimum Gasteiger partial charge on any atom is -0.496 e. The maximum atomic E-state index is 8.82. The smallest absolute Gasteiger partial charge is 0.123 e. The van der Waals surface area contributed by atoms with Crippen LogP contribution >= 0.6 is 11.6 Å². The second kappa shape index (κ2) is 5.57.